The Morgan fingerprint density at radius 2 is 2.06 bits per heavy atom. The maximum Gasteiger partial charge on any atom is 0.00890 e. The first-order valence-electron chi connectivity index (χ1n) is 7.08. The van der Waals surface area contributed by atoms with Crippen molar-refractivity contribution < 1.29 is 0 Å². The molecule has 96 valence electrons. The minimum atomic E-state index is 0.313. The van der Waals surface area contributed by atoms with E-state index < -0.39 is 0 Å². The summed E-state index contributed by atoms with van der Waals surface area (Å²) in [5, 5.41) is 0. The van der Waals surface area contributed by atoms with Gasteiger partial charge in [-0.1, -0.05) is 37.8 Å². The Kier molecular flexibility index (Phi) is 4.27. The fraction of sp³-hybridized carbons (Fsp3) is 0.733. The van der Waals surface area contributed by atoms with Crippen molar-refractivity contribution in [2.45, 2.75) is 51.4 Å². The molecule has 0 radical (unpaired) electrons. The van der Waals surface area contributed by atoms with Gasteiger partial charge in [-0.05, 0) is 49.6 Å². The Morgan fingerprint density at radius 1 is 1.29 bits per heavy atom. The number of allylic oxidation sites excluding steroid dienone is 4. The van der Waals surface area contributed by atoms with Gasteiger partial charge in [-0.2, -0.15) is 0 Å². The van der Waals surface area contributed by atoms with Crippen LogP contribution in [0.3, 0.4) is 0 Å². The molecule has 1 unspecified atom stereocenters. The Morgan fingerprint density at radius 3 is 2.71 bits per heavy atom. The van der Waals surface area contributed by atoms with Crippen LogP contribution in [-0.2, 0) is 0 Å². The molecule has 2 heteroatoms. The summed E-state index contributed by atoms with van der Waals surface area (Å²) in [5.74, 6) is 0.920. The van der Waals surface area contributed by atoms with Gasteiger partial charge in [0.25, 0.3) is 0 Å². The molecule has 0 amide bonds. The van der Waals surface area contributed by atoms with Crippen molar-refractivity contribution in [2.75, 3.05) is 6.54 Å². The van der Waals surface area contributed by atoms with Crippen molar-refractivity contribution in [1.29, 1.82) is 0 Å². The maximum absolute atomic E-state index is 6.03. The van der Waals surface area contributed by atoms with Gasteiger partial charge in [0.05, 0.1) is 0 Å². The van der Waals surface area contributed by atoms with Crippen molar-refractivity contribution >= 4 is 0 Å². The second-order valence-corrected chi connectivity index (χ2v) is 5.89. The van der Waals surface area contributed by atoms with E-state index in [0.29, 0.717) is 5.41 Å². The minimum absolute atomic E-state index is 0.313. The van der Waals surface area contributed by atoms with Gasteiger partial charge in [-0.3, -0.25) is 0 Å². The zero-order valence-corrected chi connectivity index (χ0v) is 10.8. The minimum Gasteiger partial charge on any atom is -0.402 e. The van der Waals surface area contributed by atoms with Gasteiger partial charge >= 0.3 is 0 Å². The third kappa shape index (κ3) is 3.35. The standard InChI is InChI=1S/C15H26N2/c16-10-4-9-15(8-3-7-14(17)12-15)11-13-5-1-2-6-13/h3,7-8,13H,1-2,4-6,9-12,16-17H2. The third-order valence-corrected chi connectivity index (χ3v) is 4.37. The SMILES string of the molecule is NCCCC1(CC2CCCC2)C=CC=C(N)C1. The predicted octanol–water partition coefficient (Wildman–Crippen LogP) is 3.09. The molecular weight excluding hydrogens is 208 g/mol. The van der Waals surface area contributed by atoms with Crippen molar-refractivity contribution in [1.82, 2.24) is 0 Å². The van der Waals surface area contributed by atoms with E-state index in [1.54, 1.807) is 0 Å². The summed E-state index contributed by atoms with van der Waals surface area (Å²) in [7, 11) is 0. The first kappa shape index (κ1) is 12.7. The highest BCUT2D eigenvalue weighted by molar-refractivity contribution is 5.22. The number of rotatable bonds is 5. The van der Waals surface area contributed by atoms with Gasteiger partial charge < -0.3 is 11.5 Å². The molecule has 17 heavy (non-hydrogen) atoms. The van der Waals surface area contributed by atoms with E-state index in [1.807, 2.05) is 0 Å². The van der Waals surface area contributed by atoms with Crippen LogP contribution < -0.4 is 11.5 Å². The van der Waals surface area contributed by atoms with Crippen LogP contribution >= 0.6 is 0 Å². The van der Waals surface area contributed by atoms with E-state index in [4.69, 9.17) is 11.5 Å². The van der Waals surface area contributed by atoms with E-state index >= 15 is 0 Å². The topological polar surface area (TPSA) is 52.0 Å². The van der Waals surface area contributed by atoms with Gasteiger partial charge in [0.15, 0.2) is 0 Å². The van der Waals surface area contributed by atoms with Gasteiger partial charge in [0.2, 0.25) is 0 Å². The van der Waals surface area contributed by atoms with Crippen LogP contribution in [0.2, 0.25) is 0 Å². The van der Waals surface area contributed by atoms with Gasteiger partial charge in [0, 0.05) is 5.70 Å². The lowest BCUT2D eigenvalue weighted by molar-refractivity contribution is 0.252. The molecule has 0 bridgehead atoms. The molecule has 0 aliphatic heterocycles. The highest BCUT2D eigenvalue weighted by Crippen LogP contribution is 2.44. The maximum atomic E-state index is 6.03. The van der Waals surface area contributed by atoms with E-state index in [-0.39, 0.29) is 0 Å². The lowest BCUT2D eigenvalue weighted by Crippen LogP contribution is -2.26. The van der Waals surface area contributed by atoms with E-state index in [0.717, 1.165) is 31.0 Å². The molecule has 1 saturated carbocycles. The molecule has 2 aliphatic rings. The smallest absolute Gasteiger partial charge is 0.00890 e. The van der Waals surface area contributed by atoms with Crippen LogP contribution in [0, 0.1) is 11.3 Å². The average molecular weight is 234 g/mol. The first-order valence-corrected chi connectivity index (χ1v) is 7.08. The van der Waals surface area contributed by atoms with Gasteiger partial charge in [-0.25, -0.2) is 0 Å². The monoisotopic (exact) mass is 234 g/mol. The van der Waals surface area contributed by atoms with Crippen molar-refractivity contribution in [3.8, 4) is 0 Å². The van der Waals surface area contributed by atoms with E-state index in [9.17, 15) is 0 Å². The molecule has 0 aromatic rings. The van der Waals surface area contributed by atoms with E-state index in [1.165, 1.54) is 38.5 Å². The lowest BCUT2D eigenvalue weighted by atomic mass is 9.70. The molecule has 0 aromatic heterocycles. The van der Waals surface area contributed by atoms with Crippen LogP contribution in [0.15, 0.2) is 23.9 Å². The highest BCUT2D eigenvalue weighted by Gasteiger charge is 2.32. The number of nitrogens with two attached hydrogens (primary N) is 2. The van der Waals surface area contributed by atoms with Crippen molar-refractivity contribution in [3.05, 3.63) is 23.9 Å². The molecule has 2 aliphatic carbocycles. The molecule has 0 aromatic carbocycles. The van der Waals surface area contributed by atoms with Crippen LogP contribution in [0.1, 0.15) is 51.4 Å². The summed E-state index contributed by atoms with van der Waals surface area (Å²) >= 11 is 0. The second-order valence-electron chi connectivity index (χ2n) is 5.89. The summed E-state index contributed by atoms with van der Waals surface area (Å²) < 4.78 is 0. The number of hydrogen-bond acceptors (Lipinski definition) is 2. The second kappa shape index (κ2) is 5.72. The van der Waals surface area contributed by atoms with Gasteiger partial charge in [-0.15, -0.1) is 0 Å². The number of hydrogen-bond donors (Lipinski definition) is 2. The summed E-state index contributed by atoms with van der Waals surface area (Å²) in [6, 6.07) is 0. The molecule has 2 rings (SSSR count). The van der Waals surface area contributed by atoms with Crippen LogP contribution in [-0.4, -0.2) is 6.54 Å². The molecule has 2 nitrogen and oxygen atoms in total. The largest absolute Gasteiger partial charge is 0.402 e. The van der Waals surface area contributed by atoms with Crippen LogP contribution in [0.5, 0.6) is 0 Å². The summed E-state index contributed by atoms with van der Waals surface area (Å²) in [5.41, 5.74) is 13.1. The summed E-state index contributed by atoms with van der Waals surface area (Å²) in [4.78, 5) is 0. The van der Waals surface area contributed by atoms with Crippen LogP contribution in [0.4, 0.5) is 0 Å². The van der Waals surface area contributed by atoms with E-state index in [2.05, 4.69) is 18.2 Å². The lowest BCUT2D eigenvalue weighted by Gasteiger charge is -2.35. The summed E-state index contributed by atoms with van der Waals surface area (Å²) in [6.45, 7) is 0.796. The molecule has 0 saturated heterocycles. The fourth-order valence-corrected chi connectivity index (χ4v) is 3.56. The average Bonchev–Trinajstić information content (AvgIpc) is 2.79. The normalized spacial score (nSPS) is 29.6. The zero-order valence-electron chi connectivity index (χ0n) is 10.8. The quantitative estimate of drug-likeness (QED) is 0.768. The Labute approximate surface area is 105 Å². The van der Waals surface area contributed by atoms with Crippen LogP contribution in [0.25, 0.3) is 0 Å². The molecule has 1 fully saturated rings. The predicted molar refractivity (Wildman–Crippen MR) is 73.3 cm³/mol. The molecular formula is C15H26N2. The molecule has 4 N–H and O–H groups in total. The van der Waals surface area contributed by atoms with Crippen molar-refractivity contribution in [2.24, 2.45) is 22.8 Å². The fourth-order valence-electron chi connectivity index (χ4n) is 3.56. The Balaban J connectivity index is 2.01. The highest BCUT2D eigenvalue weighted by atomic mass is 14.6. The molecule has 1 atom stereocenters. The Bertz CT molecular complexity index is 300. The third-order valence-electron chi connectivity index (χ3n) is 4.37. The van der Waals surface area contributed by atoms with Gasteiger partial charge in [0.1, 0.15) is 0 Å². The molecule has 0 heterocycles. The van der Waals surface area contributed by atoms with Crippen molar-refractivity contribution in [3.63, 3.8) is 0 Å². The zero-order chi connectivity index (χ0) is 12.1. The Hall–Kier alpha value is -0.760. The summed E-state index contributed by atoms with van der Waals surface area (Å²) in [6.07, 6.45) is 17.0. The first-order chi connectivity index (χ1) is 8.24. The molecule has 0 spiro atoms.